The molecule has 5 nitrogen and oxygen atoms in total. The monoisotopic (exact) mass is 296 g/mol. The van der Waals surface area contributed by atoms with Gasteiger partial charge in [-0.3, -0.25) is 4.79 Å². The number of benzene rings is 1. The van der Waals surface area contributed by atoms with Crippen molar-refractivity contribution in [1.82, 2.24) is 10.2 Å². The third kappa shape index (κ3) is 4.68. The summed E-state index contributed by atoms with van der Waals surface area (Å²) in [5.41, 5.74) is 0.714. The lowest BCUT2D eigenvalue weighted by molar-refractivity contribution is -0.137. The lowest BCUT2D eigenvalue weighted by Crippen LogP contribution is -2.43. The van der Waals surface area contributed by atoms with E-state index >= 15 is 0 Å². The number of nitrogens with one attached hydrogen (secondary N) is 1. The zero-order chi connectivity index (χ0) is 15.1. The number of nitrogens with zero attached hydrogens (tertiary/aromatic N) is 1. The van der Waals surface area contributed by atoms with Crippen LogP contribution in [0.4, 0.5) is 4.39 Å². The molecule has 0 saturated carbocycles. The number of halogens is 1. The summed E-state index contributed by atoms with van der Waals surface area (Å²) in [6, 6.07) is 4.33. The van der Waals surface area contributed by atoms with E-state index in [1.807, 2.05) is 6.92 Å². The zero-order valence-corrected chi connectivity index (χ0v) is 12.2. The van der Waals surface area contributed by atoms with Crippen molar-refractivity contribution in [3.8, 4) is 5.75 Å². The van der Waals surface area contributed by atoms with Crippen LogP contribution in [0.25, 0.3) is 0 Å². The summed E-state index contributed by atoms with van der Waals surface area (Å²) in [5, 5.41) is 3.12. The molecule has 0 spiro atoms. The molecule has 1 saturated heterocycles. The van der Waals surface area contributed by atoms with Crippen LogP contribution in [0.1, 0.15) is 12.5 Å². The Kier molecular flexibility index (Phi) is 5.95. The molecule has 0 aliphatic carbocycles. The third-order valence-corrected chi connectivity index (χ3v) is 3.30. The van der Waals surface area contributed by atoms with E-state index in [2.05, 4.69) is 5.32 Å². The summed E-state index contributed by atoms with van der Waals surface area (Å²) in [7, 11) is 0. The third-order valence-electron chi connectivity index (χ3n) is 3.30. The quantitative estimate of drug-likeness (QED) is 0.856. The first kappa shape index (κ1) is 15.7. The van der Waals surface area contributed by atoms with Gasteiger partial charge in [0.25, 0.3) is 5.91 Å². The summed E-state index contributed by atoms with van der Waals surface area (Å²) in [6.45, 7) is 5.54. The van der Waals surface area contributed by atoms with E-state index in [4.69, 9.17) is 9.47 Å². The lowest BCUT2D eigenvalue weighted by atomic mass is 10.2. The number of morpholine rings is 1. The van der Waals surface area contributed by atoms with E-state index in [0.29, 0.717) is 44.2 Å². The van der Waals surface area contributed by atoms with Crippen molar-refractivity contribution < 1.29 is 18.7 Å². The number of amides is 1. The van der Waals surface area contributed by atoms with Crippen molar-refractivity contribution in [2.24, 2.45) is 0 Å². The normalized spacial score (nSPS) is 15.0. The average Bonchev–Trinajstić information content (AvgIpc) is 2.52. The molecule has 2 rings (SSSR count). The highest BCUT2D eigenvalue weighted by atomic mass is 19.1. The zero-order valence-electron chi connectivity index (χ0n) is 12.2. The molecule has 0 unspecified atom stereocenters. The van der Waals surface area contributed by atoms with Gasteiger partial charge in [0.05, 0.1) is 13.2 Å². The molecule has 1 aromatic carbocycles. The van der Waals surface area contributed by atoms with Gasteiger partial charge in [-0.05, 0) is 24.7 Å². The van der Waals surface area contributed by atoms with Crippen LogP contribution >= 0.6 is 0 Å². The Morgan fingerprint density at radius 1 is 1.43 bits per heavy atom. The van der Waals surface area contributed by atoms with Crippen LogP contribution < -0.4 is 10.1 Å². The number of carbonyl (C=O) groups is 1. The second-order valence-electron chi connectivity index (χ2n) is 4.81. The fourth-order valence-corrected chi connectivity index (χ4v) is 2.13. The predicted octanol–water partition coefficient (Wildman–Crippen LogP) is 1.17. The van der Waals surface area contributed by atoms with Crippen molar-refractivity contribution in [3.63, 3.8) is 0 Å². The number of ether oxygens (including phenoxy) is 2. The molecule has 1 heterocycles. The van der Waals surface area contributed by atoms with Gasteiger partial charge in [0.15, 0.2) is 6.61 Å². The fourth-order valence-electron chi connectivity index (χ4n) is 2.13. The van der Waals surface area contributed by atoms with E-state index < -0.39 is 0 Å². The van der Waals surface area contributed by atoms with Crippen LogP contribution in [-0.2, 0) is 16.1 Å². The van der Waals surface area contributed by atoms with Crippen molar-refractivity contribution >= 4 is 5.91 Å². The number of rotatable bonds is 6. The Labute approximate surface area is 124 Å². The minimum atomic E-state index is -0.310. The fraction of sp³-hybridized carbons (Fsp3) is 0.533. The van der Waals surface area contributed by atoms with E-state index in [-0.39, 0.29) is 18.3 Å². The molecule has 1 aromatic rings. The van der Waals surface area contributed by atoms with Gasteiger partial charge in [-0.2, -0.15) is 0 Å². The summed E-state index contributed by atoms with van der Waals surface area (Å²) >= 11 is 0. The van der Waals surface area contributed by atoms with Gasteiger partial charge in [0, 0.05) is 25.2 Å². The van der Waals surface area contributed by atoms with E-state index in [1.165, 1.54) is 12.1 Å². The lowest BCUT2D eigenvalue weighted by Gasteiger charge is -2.26. The van der Waals surface area contributed by atoms with Gasteiger partial charge < -0.3 is 19.7 Å². The maximum absolute atomic E-state index is 13.3. The molecule has 6 heteroatoms. The largest absolute Gasteiger partial charge is 0.483 e. The number of hydrogen-bond acceptors (Lipinski definition) is 4. The van der Waals surface area contributed by atoms with Crippen LogP contribution in [0.5, 0.6) is 5.75 Å². The molecule has 0 radical (unpaired) electrons. The average molecular weight is 296 g/mol. The standard InChI is InChI=1S/C15H21FN2O3/c1-2-17-10-12-9-13(16)3-4-14(12)21-11-15(19)18-5-7-20-8-6-18/h3-4,9,17H,2,5-8,10-11H2,1H3. The van der Waals surface area contributed by atoms with Crippen LogP contribution in [0.15, 0.2) is 18.2 Å². The van der Waals surface area contributed by atoms with Gasteiger partial charge in [-0.15, -0.1) is 0 Å². The Bertz CT molecular complexity index is 476. The van der Waals surface area contributed by atoms with E-state index in [0.717, 1.165) is 6.54 Å². The molecule has 1 N–H and O–H groups in total. The highest BCUT2D eigenvalue weighted by molar-refractivity contribution is 5.77. The minimum Gasteiger partial charge on any atom is -0.483 e. The van der Waals surface area contributed by atoms with Gasteiger partial charge in [0.2, 0.25) is 0 Å². The molecule has 1 fully saturated rings. The smallest absolute Gasteiger partial charge is 0.260 e. The van der Waals surface area contributed by atoms with Crippen molar-refractivity contribution in [1.29, 1.82) is 0 Å². The minimum absolute atomic E-state index is 0.0369. The van der Waals surface area contributed by atoms with Gasteiger partial charge in [0.1, 0.15) is 11.6 Å². The Morgan fingerprint density at radius 3 is 2.90 bits per heavy atom. The maximum atomic E-state index is 13.3. The highest BCUT2D eigenvalue weighted by Gasteiger charge is 2.17. The Hall–Kier alpha value is -1.66. The second kappa shape index (κ2) is 7.95. The molecule has 0 atom stereocenters. The van der Waals surface area contributed by atoms with Crippen LogP contribution in [-0.4, -0.2) is 50.3 Å². The van der Waals surface area contributed by atoms with Gasteiger partial charge >= 0.3 is 0 Å². The van der Waals surface area contributed by atoms with Crippen molar-refractivity contribution in [3.05, 3.63) is 29.6 Å². The first-order chi connectivity index (χ1) is 10.2. The molecular formula is C15H21FN2O3. The maximum Gasteiger partial charge on any atom is 0.260 e. The first-order valence-corrected chi connectivity index (χ1v) is 7.18. The number of carbonyl (C=O) groups excluding carboxylic acids is 1. The summed E-state index contributed by atoms with van der Waals surface area (Å²) in [5.74, 6) is 0.158. The molecule has 1 amide bonds. The van der Waals surface area contributed by atoms with Crippen LogP contribution in [0.2, 0.25) is 0 Å². The number of hydrogen-bond donors (Lipinski definition) is 1. The Balaban J connectivity index is 1.93. The summed E-state index contributed by atoms with van der Waals surface area (Å²) < 4.78 is 24.1. The molecule has 21 heavy (non-hydrogen) atoms. The topological polar surface area (TPSA) is 50.8 Å². The van der Waals surface area contributed by atoms with E-state index in [9.17, 15) is 9.18 Å². The molecule has 116 valence electrons. The molecule has 0 bridgehead atoms. The second-order valence-corrected chi connectivity index (χ2v) is 4.81. The predicted molar refractivity (Wildman–Crippen MR) is 76.7 cm³/mol. The van der Waals surface area contributed by atoms with Gasteiger partial charge in [-0.1, -0.05) is 6.92 Å². The van der Waals surface area contributed by atoms with Crippen molar-refractivity contribution in [2.45, 2.75) is 13.5 Å². The summed E-state index contributed by atoms with van der Waals surface area (Å²) in [4.78, 5) is 13.7. The SMILES string of the molecule is CCNCc1cc(F)ccc1OCC(=O)N1CCOCC1. The molecule has 1 aliphatic rings. The van der Waals surface area contributed by atoms with Crippen molar-refractivity contribution in [2.75, 3.05) is 39.5 Å². The Morgan fingerprint density at radius 2 is 2.19 bits per heavy atom. The molecule has 0 aromatic heterocycles. The van der Waals surface area contributed by atoms with Crippen LogP contribution in [0, 0.1) is 5.82 Å². The highest BCUT2D eigenvalue weighted by Crippen LogP contribution is 2.19. The van der Waals surface area contributed by atoms with Crippen LogP contribution in [0.3, 0.4) is 0 Å². The van der Waals surface area contributed by atoms with E-state index in [1.54, 1.807) is 11.0 Å². The van der Waals surface area contributed by atoms with Gasteiger partial charge in [-0.25, -0.2) is 4.39 Å². The molecule has 1 aliphatic heterocycles. The first-order valence-electron chi connectivity index (χ1n) is 7.18. The summed E-state index contributed by atoms with van der Waals surface area (Å²) in [6.07, 6.45) is 0. The molecular weight excluding hydrogens is 275 g/mol.